The van der Waals surface area contributed by atoms with E-state index in [1.165, 1.54) is 5.56 Å². The summed E-state index contributed by atoms with van der Waals surface area (Å²) in [4.78, 5) is 12.8. The molecule has 3 aromatic carbocycles. The predicted molar refractivity (Wildman–Crippen MR) is 157 cm³/mol. The number of rotatable bonds is 9. The fraction of sp³-hybridized carbons (Fsp3) is 0.387. The fourth-order valence-corrected chi connectivity index (χ4v) is 6.35. The van der Waals surface area contributed by atoms with Gasteiger partial charge in [0, 0.05) is 23.5 Å². The largest absolute Gasteiger partial charge is 0.416 e. The second-order valence-electron chi connectivity index (χ2n) is 11.6. The molecule has 42 heavy (non-hydrogen) atoms. The molecule has 226 valence electrons. The molecule has 6 nitrogen and oxygen atoms in total. The molecule has 0 aromatic heterocycles. The Balaban J connectivity index is 1.53. The predicted octanol–water partition coefficient (Wildman–Crippen LogP) is 6.85. The summed E-state index contributed by atoms with van der Waals surface area (Å²) in [6.45, 7) is 7.04. The van der Waals surface area contributed by atoms with Crippen LogP contribution in [0.5, 0.6) is 0 Å². The van der Waals surface area contributed by atoms with Crippen LogP contribution in [0.15, 0.2) is 71.6 Å². The molecule has 1 aliphatic rings. The van der Waals surface area contributed by atoms with E-state index >= 15 is 0 Å². The maximum absolute atomic E-state index is 13.3. The van der Waals surface area contributed by atoms with Crippen molar-refractivity contribution in [3.05, 3.63) is 99.6 Å². The van der Waals surface area contributed by atoms with Gasteiger partial charge in [-0.1, -0.05) is 48.0 Å². The highest BCUT2D eigenvalue weighted by Crippen LogP contribution is 2.33. The zero-order valence-electron chi connectivity index (χ0n) is 23.7. The van der Waals surface area contributed by atoms with Gasteiger partial charge in [-0.05, 0) is 92.6 Å². The van der Waals surface area contributed by atoms with Gasteiger partial charge in [-0.3, -0.25) is 4.79 Å². The third-order valence-electron chi connectivity index (χ3n) is 7.11. The summed E-state index contributed by atoms with van der Waals surface area (Å²) in [6, 6.07) is 14.7. The van der Waals surface area contributed by atoms with Crippen molar-refractivity contribution in [2.75, 3.05) is 0 Å². The number of sulfonamides is 1. The number of alkyl halides is 3. The lowest BCUT2D eigenvalue weighted by atomic mass is 9.86. The number of hydrogen-bond acceptors (Lipinski definition) is 4. The minimum atomic E-state index is -4.71. The molecule has 0 saturated heterocycles. The van der Waals surface area contributed by atoms with Gasteiger partial charge in [-0.2, -0.15) is 13.2 Å². The minimum Gasteiger partial charge on any atom is -0.349 e. The van der Waals surface area contributed by atoms with Crippen LogP contribution in [0.2, 0.25) is 5.02 Å². The van der Waals surface area contributed by atoms with Gasteiger partial charge in [0.15, 0.2) is 0 Å². The van der Waals surface area contributed by atoms with E-state index in [1.54, 1.807) is 24.3 Å². The molecule has 2 atom stereocenters. The van der Waals surface area contributed by atoms with E-state index in [0.717, 1.165) is 55.1 Å². The van der Waals surface area contributed by atoms with Gasteiger partial charge in [-0.25, -0.2) is 13.1 Å². The van der Waals surface area contributed by atoms with Crippen LogP contribution in [0.3, 0.4) is 0 Å². The molecular weight excluding hydrogens is 587 g/mol. The van der Waals surface area contributed by atoms with E-state index in [9.17, 15) is 26.4 Å². The number of benzene rings is 3. The molecule has 0 heterocycles. The zero-order valence-corrected chi connectivity index (χ0v) is 25.3. The summed E-state index contributed by atoms with van der Waals surface area (Å²) in [6.07, 6.45) is -2.45. The van der Waals surface area contributed by atoms with Crippen molar-refractivity contribution in [3.8, 4) is 0 Å². The van der Waals surface area contributed by atoms with E-state index in [2.05, 4.69) is 42.2 Å². The molecule has 0 radical (unpaired) electrons. The molecule has 0 spiro atoms. The van der Waals surface area contributed by atoms with Crippen molar-refractivity contribution in [1.82, 2.24) is 15.4 Å². The number of amides is 1. The smallest absolute Gasteiger partial charge is 0.349 e. The van der Waals surface area contributed by atoms with Crippen LogP contribution >= 0.6 is 11.6 Å². The third kappa shape index (κ3) is 8.56. The molecule has 11 heteroatoms. The van der Waals surface area contributed by atoms with E-state index in [-0.39, 0.29) is 18.0 Å². The van der Waals surface area contributed by atoms with Crippen molar-refractivity contribution < 1.29 is 26.4 Å². The summed E-state index contributed by atoms with van der Waals surface area (Å²) in [5.41, 5.74) is 2.70. The number of fused-ring (bicyclic) bond motifs is 1. The Labute approximate surface area is 250 Å². The van der Waals surface area contributed by atoms with Crippen LogP contribution in [0.25, 0.3) is 0 Å². The molecule has 1 unspecified atom stereocenters. The first-order valence-corrected chi connectivity index (χ1v) is 15.6. The second-order valence-corrected chi connectivity index (χ2v) is 13.8. The van der Waals surface area contributed by atoms with Gasteiger partial charge in [0.2, 0.25) is 15.9 Å². The maximum Gasteiger partial charge on any atom is 0.416 e. The second kappa shape index (κ2) is 12.8. The first kappa shape index (κ1) is 32.0. The van der Waals surface area contributed by atoms with Crippen molar-refractivity contribution >= 4 is 27.5 Å². The highest BCUT2D eigenvalue weighted by molar-refractivity contribution is 7.89. The van der Waals surface area contributed by atoms with Crippen molar-refractivity contribution in [1.29, 1.82) is 0 Å². The molecule has 1 amide bonds. The Hall–Kier alpha value is -2.92. The summed E-state index contributed by atoms with van der Waals surface area (Å²) < 4.78 is 68.6. The molecule has 0 bridgehead atoms. The number of hydrogen-bond donors (Lipinski definition) is 3. The lowest BCUT2D eigenvalue weighted by Gasteiger charge is -2.28. The van der Waals surface area contributed by atoms with Gasteiger partial charge in [-0.15, -0.1) is 0 Å². The molecule has 0 fully saturated rings. The standard InChI is InChI=1S/C31H35ClF3N3O3S/c1-30(2,3)36-19-20-10-15-26-22(16-20)6-4-9-27(26)37-29(39)18-28(21-11-13-24(32)14-12-21)38-42(40,41)25-8-5-7-23(17-25)31(33,34)35/h5,7-8,10-17,27-28,36,38H,4,6,9,18-19H2,1-3H3,(H,37,39)/t27-,28?/m1/s1. The maximum atomic E-state index is 13.3. The zero-order chi connectivity index (χ0) is 30.7. The average molecular weight is 622 g/mol. The van der Waals surface area contributed by atoms with Crippen molar-refractivity contribution in [2.24, 2.45) is 0 Å². The molecule has 1 aliphatic carbocycles. The van der Waals surface area contributed by atoms with Crippen LogP contribution in [0, 0.1) is 0 Å². The Bertz CT molecular complexity index is 1520. The van der Waals surface area contributed by atoms with Crippen LogP contribution in [-0.2, 0) is 34.0 Å². The fourth-order valence-electron chi connectivity index (χ4n) is 4.95. The van der Waals surface area contributed by atoms with Crippen molar-refractivity contribution in [2.45, 2.75) is 81.7 Å². The minimum absolute atomic E-state index is 0.0182. The molecule has 3 N–H and O–H groups in total. The quantitative estimate of drug-likeness (QED) is 0.244. The average Bonchev–Trinajstić information content (AvgIpc) is 2.91. The number of nitrogens with one attached hydrogen (secondary N) is 3. The molecule has 0 saturated carbocycles. The van der Waals surface area contributed by atoms with Crippen LogP contribution in [-0.4, -0.2) is 19.9 Å². The summed E-state index contributed by atoms with van der Waals surface area (Å²) >= 11 is 6.01. The lowest BCUT2D eigenvalue weighted by molar-refractivity contribution is -0.137. The SMILES string of the molecule is CC(C)(C)NCc1ccc2c(c1)CCC[C@H]2NC(=O)CC(NS(=O)(=O)c1cccc(C(F)(F)F)c1)c1ccc(Cl)cc1. The topological polar surface area (TPSA) is 87.3 Å². The lowest BCUT2D eigenvalue weighted by Crippen LogP contribution is -2.36. The number of halogens is 4. The first-order chi connectivity index (χ1) is 19.6. The van der Waals surface area contributed by atoms with Gasteiger partial charge in [0.25, 0.3) is 0 Å². The normalized spacial score (nSPS) is 16.5. The van der Waals surface area contributed by atoms with Gasteiger partial charge >= 0.3 is 6.18 Å². The Morgan fingerprint density at radius 1 is 1.02 bits per heavy atom. The number of carbonyl (C=O) groups is 1. The highest BCUT2D eigenvalue weighted by Gasteiger charge is 2.33. The number of carbonyl (C=O) groups excluding carboxylic acids is 1. The van der Waals surface area contributed by atoms with E-state index in [4.69, 9.17) is 11.6 Å². The Kier molecular flexibility index (Phi) is 9.72. The number of aryl methyl sites for hydroxylation is 1. The monoisotopic (exact) mass is 621 g/mol. The summed E-state index contributed by atoms with van der Waals surface area (Å²) in [5.74, 6) is -0.391. The third-order valence-corrected chi connectivity index (χ3v) is 8.83. The highest BCUT2D eigenvalue weighted by atomic mass is 35.5. The summed E-state index contributed by atoms with van der Waals surface area (Å²) in [5, 5.41) is 6.95. The Morgan fingerprint density at radius 3 is 2.40 bits per heavy atom. The van der Waals surface area contributed by atoms with Crippen LogP contribution in [0.1, 0.15) is 79.9 Å². The Morgan fingerprint density at radius 2 is 1.74 bits per heavy atom. The van der Waals surface area contributed by atoms with Gasteiger partial charge < -0.3 is 10.6 Å². The van der Waals surface area contributed by atoms with Crippen molar-refractivity contribution in [3.63, 3.8) is 0 Å². The van der Waals surface area contributed by atoms with Gasteiger partial charge in [0.05, 0.1) is 22.5 Å². The summed E-state index contributed by atoms with van der Waals surface area (Å²) in [7, 11) is -4.42. The van der Waals surface area contributed by atoms with Crippen LogP contribution in [0.4, 0.5) is 13.2 Å². The van der Waals surface area contributed by atoms with E-state index < -0.39 is 38.6 Å². The van der Waals surface area contributed by atoms with Crippen LogP contribution < -0.4 is 15.4 Å². The van der Waals surface area contributed by atoms with E-state index in [0.29, 0.717) is 16.7 Å². The van der Waals surface area contributed by atoms with Gasteiger partial charge in [0.1, 0.15) is 0 Å². The van der Waals surface area contributed by atoms with E-state index in [1.807, 2.05) is 12.1 Å². The molecule has 3 aromatic rings. The first-order valence-electron chi connectivity index (χ1n) is 13.7. The molecule has 4 rings (SSSR count). The molecule has 0 aliphatic heterocycles. The molecular formula is C31H35ClF3N3O3S.